The number of hydrogen-bond acceptors (Lipinski definition) is 1. The van der Waals surface area contributed by atoms with Gasteiger partial charge in [0, 0.05) is 27.4 Å². The Morgan fingerprint density at radius 1 is 1.00 bits per heavy atom. The van der Waals surface area contributed by atoms with E-state index in [1.165, 1.54) is 10.8 Å². The van der Waals surface area contributed by atoms with Gasteiger partial charge in [-0.3, -0.25) is 4.79 Å². The molecule has 0 saturated carbocycles. The topological polar surface area (TPSA) is 32.9 Å². The molecule has 0 bridgehead atoms. The minimum absolute atomic E-state index is 0.0730. The molecule has 0 radical (unpaired) electrons. The number of aromatic amines is 1. The highest BCUT2D eigenvalue weighted by Crippen LogP contribution is 2.33. The fraction of sp³-hybridized carbons (Fsp3) is 0.235. The zero-order chi connectivity index (χ0) is 13.6. The van der Waals surface area contributed by atoms with Crippen LogP contribution >= 0.6 is 0 Å². The van der Waals surface area contributed by atoms with Crippen LogP contribution in [0.4, 0.5) is 0 Å². The van der Waals surface area contributed by atoms with Crippen molar-refractivity contribution in [1.29, 1.82) is 0 Å². The second-order valence-electron chi connectivity index (χ2n) is 5.99. The molecule has 0 saturated heterocycles. The van der Waals surface area contributed by atoms with Crippen LogP contribution in [0.3, 0.4) is 0 Å². The van der Waals surface area contributed by atoms with E-state index in [1.807, 2.05) is 18.2 Å². The van der Waals surface area contributed by atoms with E-state index in [9.17, 15) is 4.79 Å². The Bertz CT molecular complexity index is 775. The van der Waals surface area contributed by atoms with Crippen molar-refractivity contribution < 1.29 is 4.79 Å². The van der Waals surface area contributed by atoms with Crippen LogP contribution < -0.4 is 0 Å². The van der Waals surface area contributed by atoms with Gasteiger partial charge in [-0.1, -0.05) is 57.2 Å². The number of hydrogen-bond donors (Lipinski definition) is 1. The minimum Gasteiger partial charge on any atom is -0.357 e. The summed E-state index contributed by atoms with van der Waals surface area (Å²) in [5.41, 5.74) is 2.78. The highest BCUT2D eigenvalue weighted by atomic mass is 16.1. The second-order valence-corrected chi connectivity index (χ2v) is 5.99. The predicted molar refractivity (Wildman–Crippen MR) is 79.9 cm³/mol. The average Bonchev–Trinajstić information content (AvgIpc) is 2.77. The van der Waals surface area contributed by atoms with Gasteiger partial charge in [-0.05, 0) is 5.39 Å². The molecule has 2 nitrogen and oxygen atoms in total. The predicted octanol–water partition coefficient (Wildman–Crippen LogP) is 4.43. The number of aldehydes is 1. The molecular formula is C17H17NO. The average molecular weight is 251 g/mol. The largest absolute Gasteiger partial charge is 0.357 e. The number of aromatic nitrogens is 1. The molecule has 0 aliphatic carbocycles. The molecule has 1 heterocycles. The van der Waals surface area contributed by atoms with Gasteiger partial charge >= 0.3 is 0 Å². The number of carbonyl (C=O) groups is 1. The summed E-state index contributed by atoms with van der Waals surface area (Å²) in [4.78, 5) is 14.9. The lowest BCUT2D eigenvalue weighted by Gasteiger charge is -2.17. The van der Waals surface area contributed by atoms with E-state index in [4.69, 9.17) is 0 Å². The van der Waals surface area contributed by atoms with Crippen LogP contribution in [0.1, 0.15) is 36.8 Å². The third-order valence-electron chi connectivity index (χ3n) is 3.61. The number of fused-ring (bicyclic) bond motifs is 3. The molecule has 0 amide bonds. The van der Waals surface area contributed by atoms with Crippen molar-refractivity contribution >= 4 is 28.0 Å². The van der Waals surface area contributed by atoms with Gasteiger partial charge in [-0.2, -0.15) is 0 Å². The Morgan fingerprint density at radius 2 is 1.74 bits per heavy atom. The summed E-state index contributed by atoms with van der Waals surface area (Å²) in [6.07, 6.45) is 0.966. The fourth-order valence-electron chi connectivity index (χ4n) is 2.67. The summed E-state index contributed by atoms with van der Waals surface area (Å²) < 4.78 is 0. The zero-order valence-electron chi connectivity index (χ0n) is 11.4. The lowest BCUT2D eigenvalue weighted by atomic mass is 9.89. The zero-order valence-corrected chi connectivity index (χ0v) is 11.4. The van der Waals surface area contributed by atoms with Crippen molar-refractivity contribution in [2.45, 2.75) is 26.2 Å². The van der Waals surface area contributed by atoms with Crippen LogP contribution in [0.25, 0.3) is 21.7 Å². The SMILES string of the molecule is CC(C)(C)c1[nH]c2c(ccc3ccccc32)c1C=O. The molecule has 1 N–H and O–H groups in total. The molecular weight excluding hydrogens is 234 g/mol. The molecule has 0 atom stereocenters. The molecule has 0 unspecified atom stereocenters. The standard InChI is InChI=1S/C17H17NO/c1-17(2,3)16-14(10-19)13-9-8-11-6-4-5-7-12(11)15(13)18-16/h4-10,18H,1-3H3. The van der Waals surface area contributed by atoms with E-state index >= 15 is 0 Å². The fourth-order valence-corrected chi connectivity index (χ4v) is 2.67. The molecule has 2 aromatic carbocycles. The van der Waals surface area contributed by atoms with E-state index in [0.717, 1.165) is 28.4 Å². The summed E-state index contributed by atoms with van der Waals surface area (Å²) in [6, 6.07) is 12.3. The van der Waals surface area contributed by atoms with Crippen molar-refractivity contribution in [2.24, 2.45) is 0 Å². The van der Waals surface area contributed by atoms with Crippen molar-refractivity contribution in [3.05, 3.63) is 47.7 Å². The number of carbonyl (C=O) groups excluding carboxylic acids is 1. The van der Waals surface area contributed by atoms with Gasteiger partial charge in [0.15, 0.2) is 6.29 Å². The van der Waals surface area contributed by atoms with Crippen LogP contribution in [0.5, 0.6) is 0 Å². The Morgan fingerprint density at radius 3 is 2.42 bits per heavy atom. The lowest BCUT2D eigenvalue weighted by Crippen LogP contribution is -2.13. The third kappa shape index (κ3) is 1.75. The Hall–Kier alpha value is -2.09. The first-order valence-corrected chi connectivity index (χ1v) is 6.51. The number of nitrogens with one attached hydrogen (secondary N) is 1. The third-order valence-corrected chi connectivity index (χ3v) is 3.61. The van der Waals surface area contributed by atoms with Crippen molar-refractivity contribution in [3.8, 4) is 0 Å². The summed E-state index contributed by atoms with van der Waals surface area (Å²) in [7, 11) is 0. The quantitative estimate of drug-likeness (QED) is 0.637. The molecule has 2 heteroatoms. The lowest BCUT2D eigenvalue weighted by molar-refractivity contribution is 0.112. The second kappa shape index (κ2) is 3.95. The Kier molecular flexibility index (Phi) is 2.49. The molecule has 0 aliphatic rings. The van der Waals surface area contributed by atoms with E-state index < -0.39 is 0 Å². The number of H-pyrrole nitrogens is 1. The van der Waals surface area contributed by atoms with Gasteiger partial charge in [0.1, 0.15) is 0 Å². The van der Waals surface area contributed by atoms with E-state index in [-0.39, 0.29) is 5.41 Å². The highest BCUT2D eigenvalue weighted by molar-refractivity contribution is 6.11. The molecule has 0 spiro atoms. The summed E-state index contributed by atoms with van der Waals surface area (Å²) in [5.74, 6) is 0. The van der Waals surface area contributed by atoms with Crippen molar-refractivity contribution in [2.75, 3.05) is 0 Å². The van der Waals surface area contributed by atoms with Gasteiger partial charge < -0.3 is 4.98 Å². The van der Waals surface area contributed by atoms with Crippen molar-refractivity contribution in [3.63, 3.8) is 0 Å². The van der Waals surface area contributed by atoms with Gasteiger partial charge in [-0.25, -0.2) is 0 Å². The maximum absolute atomic E-state index is 11.5. The van der Waals surface area contributed by atoms with E-state index in [2.05, 4.69) is 44.0 Å². The molecule has 3 rings (SSSR count). The molecule has 96 valence electrons. The molecule has 1 aromatic heterocycles. The highest BCUT2D eigenvalue weighted by Gasteiger charge is 2.22. The van der Waals surface area contributed by atoms with Gasteiger partial charge in [0.2, 0.25) is 0 Å². The maximum Gasteiger partial charge on any atom is 0.152 e. The van der Waals surface area contributed by atoms with Gasteiger partial charge in [0.25, 0.3) is 0 Å². The summed E-state index contributed by atoms with van der Waals surface area (Å²) >= 11 is 0. The van der Waals surface area contributed by atoms with E-state index in [0.29, 0.717) is 0 Å². The summed E-state index contributed by atoms with van der Waals surface area (Å²) in [6.45, 7) is 6.35. The number of benzene rings is 2. The van der Waals surface area contributed by atoms with Crippen LogP contribution in [0.15, 0.2) is 36.4 Å². The minimum atomic E-state index is -0.0730. The normalized spacial score (nSPS) is 12.2. The first kappa shape index (κ1) is 12.0. The Balaban J connectivity index is 2.49. The maximum atomic E-state index is 11.5. The monoisotopic (exact) mass is 251 g/mol. The van der Waals surface area contributed by atoms with Crippen LogP contribution in [-0.4, -0.2) is 11.3 Å². The Labute approximate surface area is 112 Å². The smallest absolute Gasteiger partial charge is 0.152 e. The van der Waals surface area contributed by atoms with Crippen LogP contribution in [0, 0.1) is 0 Å². The van der Waals surface area contributed by atoms with Crippen LogP contribution in [-0.2, 0) is 5.41 Å². The van der Waals surface area contributed by atoms with E-state index in [1.54, 1.807) is 0 Å². The van der Waals surface area contributed by atoms with Crippen molar-refractivity contribution in [1.82, 2.24) is 4.98 Å². The molecule has 3 aromatic rings. The van der Waals surface area contributed by atoms with Crippen LogP contribution in [0.2, 0.25) is 0 Å². The van der Waals surface area contributed by atoms with Gasteiger partial charge in [-0.15, -0.1) is 0 Å². The number of rotatable bonds is 1. The molecule has 0 fully saturated rings. The molecule has 0 aliphatic heterocycles. The first-order valence-electron chi connectivity index (χ1n) is 6.51. The summed E-state index contributed by atoms with van der Waals surface area (Å²) in [5, 5.41) is 3.37. The van der Waals surface area contributed by atoms with Gasteiger partial charge in [0.05, 0.1) is 5.52 Å². The first-order chi connectivity index (χ1) is 9.02. The molecule has 19 heavy (non-hydrogen) atoms.